The van der Waals surface area contributed by atoms with Crippen LogP contribution >= 0.6 is 0 Å². The molecule has 16 heavy (non-hydrogen) atoms. The number of rotatable bonds is 1. The molecule has 3 atom stereocenters. The zero-order valence-electron chi connectivity index (χ0n) is 10.2. The predicted octanol–water partition coefficient (Wildman–Crippen LogP) is 3.19. The molecular weight excluding hydrogens is 196 g/mol. The zero-order valence-corrected chi connectivity index (χ0v) is 10.2. The summed E-state index contributed by atoms with van der Waals surface area (Å²) in [6, 6.07) is 3.31. The van der Waals surface area contributed by atoms with Gasteiger partial charge in [0.05, 0.1) is 0 Å². The molecule has 1 fully saturated rings. The Hall–Kier alpha value is -0.760. The van der Waals surface area contributed by atoms with Crippen molar-refractivity contribution in [3.8, 4) is 0 Å². The maximum atomic E-state index is 6.17. The van der Waals surface area contributed by atoms with Crippen molar-refractivity contribution in [2.75, 3.05) is 0 Å². The van der Waals surface area contributed by atoms with Gasteiger partial charge in [-0.25, -0.2) is 0 Å². The molecule has 1 saturated carbocycles. The Labute approximate surface area is 97.8 Å². The zero-order chi connectivity index (χ0) is 11.1. The summed E-state index contributed by atoms with van der Waals surface area (Å²) in [7, 11) is 0. The highest BCUT2D eigenvalue weighted by Gasteiger charge is 2.27. The van der Waals surface area contributed by atoms with Crippen LogP contribution in [0.25, 0.3) is 0 Å². The monoisotopic (exact) mass is 218 g/mol. The number of nitrogens with two attached hydrogens (primary N) is 1. The molecule has 0 amide bonds. The summed E-state index contributed by atoms with van der Waals surface area (Å²) in [6.45, 7) is 2.38. The van der Waals surface area contributed by atoms with Crippen LogP contribution in [0.5, 0.6) is 0 Å². The number of nitrogens with zero attached hydrogens (tertiary/aromatic N) is 1. The normalized spacial score (nSPS) is 34.0. The fourth-order valence-electron chi connectivity index (χ4n) is 3.52. The van der Waals surface area contributed by atoms with E-state index in [0.717, 1.165) is 18.4 Å². The molecule has 2 aliphatic rings. The van der Waals surface area contributed by atoms with Crippen molar-refractivity contribution in [1.29, 1.82) is 0 Å². The second-order valence-corrected chi connectivity index (χ2v) is 5.70. The second kappa shape index (κ2) is 3.92. The first-order valence-electron chi connectivity index (χ1n) is 6.71. The van der Waals surface area contributed by atoms with Crippen LogP contribution in [0.3, 0.4) is 0 Å². The van der Waals surface area contributed by atoms with Crippen LogP contribution in [0.15, 0.2) is 12.3 Å². The molecule has 0 saturated heterocycles. The van der Waals surface area contributed by atoms with Crippen molar-refractivity contribution >= 4 is 0 Å². The fraction of sp³-hybridized carbons (Fsp3) is 0.714. The van der Waals surface area contributed by atoms with Crippen LogP contribution in [-0.4, -0.2) is 4.57 Å². The maximum Gasteiger partial charge on any atom is 0.0336 e. The fourth-order valence-corrected chi connectivity index (χ4v) is 3.52. The van der Waals surface area contributed by atoms with E-state index in [0.29, 0.717) is 6.04 Å². The summed E-state index contributed by atoms with van der Waals surface area (Å²) in [5, 5.41) is 0. The van der Waals surface area contributed by atoms with E-state index >= 15 is 0 Å². The van der Waals surface area contributed by atoms with Crippen LogP contribution in [0, 0.1) is 5.92 Å². The summed E-state index contributed by atoms with van der Waals surface area (Å²) < 4.78 is 2.54. The molecule has 2 aliphatic carbocycles. The van der Waals surface area contributed by atoms with Gasteiger partial charge < -0.3 is 10.3 Å². The molecule has 3 rings (SSSR count). The first-order chi connectivity index (χ1) is 7.75. The minimum Gasteiger partial charge on any atom is -0.348 e. The van der Waals surface area contributed by atoms with E-state index < -0.39 is 0 Å². The van der Waals surface area contributed by atoms with E-state index in [4.69, 9.17) is 5.73 Å². The second-order valence-electron chi connectivity index (χ2n) is 5.70. The van der Waals surface area contributed by atoms with E-state index in [-0.39, 0.29) is 0 Å². The highest BCUT2D eigenvalue weighted by atomic mass is 15.0. The van der Waals surface area contributed by atoms with E-state index in [1.807, 2.05) is 0 Å². The third-order valence-corrected chi connectivity index (χ3v) is 4.45. The van der Waals surface area contributed by atoms with Gasteiger partial charge >= 0.3 is 0 Å². The van der Waals surface area contributed by atoms with Gasteiger partial charge in [0.25, 0.3) is 0 Å². The molecule has 3 unspecified atom stereocenters. The van der Waals surface area contributed by atoms with Crippen molar-refractivity contribution in [2.24, 2.45) is 11.7 Å². The van der Waals surface area contributed by atoms with E-state index in [1.165, 1.54) is 43.4 Å². The van der Waals surface area contributed by atoms with E-state index in [2.05, 4.69) is 23.8 Å². The predicted molar refractivity (Wildman–Crippen MR) is 66.4 cm³/mol. The summed E-state index contributed by atoms with van der Waals surface area (Å²) in [6.07, 6.45) is 10.1. The quantitative estimate of drug-likeness (QED) is 0.771. The molecule has 0 aliphatic heterocycles. The van der Waals surface area contributed by atoms with Crippen molar-refractivity contribution < 1.29 is 0 Å². The maximum absolute atomic E-state index is 6.17. The van der Waals surface area contributed by atoms with Crippen molar-refractivity contribution in [1.82, 2.24) is 4.57 Å². The molecule has 0 radical (unpaired) electrons. The Morgan fingerprint density at radius 1 is 1.31 bits per heavy atom. The third kappa shape index (κ3) is 1.60. The van der Waals surface area contributed by atoms with Gasteiger partial charge in [0.2, 0.25) is 0 Å². The summed E-state index contributed by atoms with van der Waals surface area (Å²) in [5.41, 5.74) is 9.13. The van der Waals surface area contributed by atoms with Gasteiger partial charge in [-0.1, -0.05) is 6.92 Å². The van der Waals surface area contributed by atoms with Crippen molar-refractivity contribution in [2.45, 2.75) is 57.5 Å². The molecule has 2 nitrogen and oxygen atoms in total. The Morgan fingerprint density at radius 2 is 2.19 bits per heavy atom. The van der Waals surface area contributed by atoms with Gasteiger partial charge in [-0.15, -0.1) is 0 Å². The lowest BCUT2D eigenvalue weighted by molar-refractivity contribution is 0.460. The standard InChI is InChI=1S/C14H22N2/c1-10-5-6-11(9-10)16-8-7-12-13(15)3-2-4-14(12)16/h7-8,10-11,13H,2-6,9,15H2,1H3. The minimum absolute atomic E-state index is 0.295. The molecule has 0 aromatic carbocycles. The molecule has 1 aromatic heterocycles. The van der Waals surface area contributed by atoms with E-state index in [9.17, 15) is 0 Å². The Kier molecular flexibility index (Phi) is 2.55. The topological polar surface area (TPSA) is 30.9 Å². The molecule has 2 N–H and O–H groups in total. The number of hydrogen-bond acceptors (Lipinski definition) is 1. The van der Waals surface area contributed by atoms with Crippen LogP contribution in [0.1, 0.15) is 62.4 Å². The smallest absolute Gasteiger partial charge is 0.0336 e. The SMILES string of the molecule is CC1CCC(n2ccc3c2CCCC3N)C1. The lowest BCUT2D eigenvalue weighted by atomic mass is 9.93. The van der Waals surface area contributed by atoms with Crippen LogP contribution in [0.4, 0.5) is 0 Å². The average Bonchev–Trinajstić information content (AvgIpc) is 2.84. The molecule has 0 spiro atoms. The Balaban J connectivity index is 1.91. The number of aromatic nitrogens is 1. The van der Waals surface area contributed by atoms with Gasteiger partial charge in [-0.2, -0.15) is 0 Å². The minimum atomic E-state index is 0.295. The molecule has 1 heterocycles. The Bertz CT molecular complexity index is 380. The third-order valence-electron chi connectivity index (χ3n) is 4.45. The van der Waals surface area contributed by atoms with Gasteiger partial charge in [-0.05, 0) is 56.1 Å². The van der Waals surface area contributed by atoms with Gasteiger partial charge in [0.15, 0.2) is 0 Å². The van der Waals surface area contributed by atoms with Crippen LogP contribution < -0.4 is 5.73 Å². The van der Waals surface area contributed by atoms with E-state index in [1.54, 1.807) is 0 Å². The van der Waals surface area contributed by atoms with Crippen LogP contribution in [-0.2, 0) is 6.42 Å². The molecule has 2 heteroatoms. The Morgan fingerprint density at radius 3 is 2.94 bits per heavy atom. The number of fused-ring (bicyclic) bond motifs is 1. The highest BCUT2D eigenvalue weighted by Crippen LogP contribution is 2.38. The van der Waals surface area contributed by atoms with Gasteiger partial charge in [0, 0.05) is 24.0 Å². The molecule has 0 bridgehead atoms. The van der Waals surface area contributed by atoms with Gasteiger partial charge in [-0.3, -0.25) is 0 Å². The largest absolute Gasteiger partial charge is 0.348 e. The summed E-state index contributed by atoms with van der Waals surface area (Å²) in [5.74, 6) is 0.903. The lowest BCUT2D eigenvalue weighted by Gasteiger charge is -2.23. The first-order valence-corrected chi connectivity index (χ1v) is 6.71. The molecule has 1 aromatic rings. The lowest BCUT2D eigenvalue weighted by Crippen LogP contribution is -2.19. The van der Waals surface area contributed by atoms with Gasteiger partial charge in [0.1, 0.15) is 0 Å². The highest BCUT2D eigenvalue weighted by molar-refractivity contribution is 5.29. The van der Waals surface area contributed by atoms with Crippen molar-refractivity contribution in [3.05, 3.63) is 23.5 Å². The molecule has 88 valence electrons. The first kappa shape index (κ1) is 10.4. The van der Waals surface area contributed by atoms with Crippen LogP contribution in [0.2, 0.25) is 0 Å². The number of hydrogen-bond donors (Lipinski definition) is 1. The summed E-state index contributed by atoms with van der Waals surface area (Å²) >= 11 is 0. The average molecular weight is 218 g/mol. The molecular formula is C14H22N2. The summed E-state index contributed by atoms with van der Waals surface area (Å²) in [4.78, 5) is 0. The van der Waals surface area contributed by atoms with Crippen molar-refractivity contribution in [3.63, 3.8) is 0 Å².